The third-order valence-corrected chi connectivity index (χ3v) is 5.07. The average Bonchev–Trinajstić information content (AvgIpc) is 2.83. The fraction of sp³-hybridized carbons (Fsp3) is 0.133. The Labute approximate surface area is 135 Å². The van der Waals surface area contributed by atoms with Crippen molar-refractivity contribution in [1.82, 2.24) is 9.97 Å². The highest BCUT2D eigenvalue weighted by Gasteiger charge is 2.21. The van der Waals surface area contributed by atoms with E-state index in [0.29, 0.717) is 31.4 Å². The number of carbonyl (C=O) groups is 1. The van der Waals surface area contributed by atoms with Crippen LogP contribution in [0.5, 0.6) is 0 Å². The van der Waals surface area contributed by atoms with Gasteiger partial charge in [0, 0.05) is 5.56 Å². The number of thiophene rings is 1. The van der Waals surface area contributed by atoms with Gasteiger partial charge in [0.25, 0.3) is 0 Å². The zero-order valence-corrected chi connectivity index (χ0v) is 13.7. The van der Waals surface area contributed by atoms with Crippen molar-refractivity contribution in [3.8, 4) is 0 Å². The monoisotopic (exact) mass is 330 g/mol. The number of carbonyl (C=O) groups excluding carboxylic acids is 1. The first-order chi connectivity index (χ1) is 10.5. The number of fused-ring (bicyclic) bond motifs is 1. The molecule has 2 heterocycles. The quantitative estimate of drug-likeness (QED) is 0.435. The Morgan fingerprint density at radius 2 is 1.86 bits per heavy atom. The SMILES string of the molecule is CSc1nc(N)nc2sc(C(=O)c3ccc(C)cc3)c(N)c12. The number of ketones is 1. The molecule has 0 unspecified atom stereocenters. The Balaban J connectivity index is 2.17. The van der Waals surface area contributed by atoms with Gasteiger partial charge in [0.1, 0.15) is 14.7 Å². The zero-order valence-electron chi connectivity index (χ0n) is 12.1. The topological polar surface area (TPSA) is 94.9 Å². The number of aryl methyl sites for hydroxylation is 1. The van der Waals surface area contributed by atoms with E-state index in [-0.39, 0.29) is 11.7 Å². The second-order valence-corrected chi connectivity index (χ2v) is 6.61. The van der Waals surface area contributed by atoms with Crippen molar-refractivity contribution in [3.63, 3.8) is 0 Å². The van der Waals surface area contributed by atoms with Gasteiger partial charge in [0.05, 0.1) is 11.1 Å². The normalized spacial score (nSPS) is 11.0. The lowest BCUT2D eigenvalue weighted by atomic mass is 10.1. The molecule has 3 rings (SSSR count). The van der Waals surface area contributed by atoms with Gasteiger partial charge in [-0.05, 0) is 13.2 Å². The predicted molar refractivity (Wildman–Crippen MR) is 92.6 cm³/mol. The van der Waals surface area contributed by atoms with Crippen molar-refractivity contribution in [2.75, 3.05) is 17.7 Å². The van der Waals surface area contributed by atoms with Crippen LogP contribution in [0.1, 0.15) is 20.8 Å². The Kier molecular flexibility index (Phi) is 3.76. The number of rotatable bonds is 3. The maximum atomic E-state index is 12.7. The number of hydrogen-bond donors (Lipinski definition) is 2. The molecule has 0 amide bonds. The van der Waals surface area contributed by atoms with Crippen LogP contribution in [-0.2, 0) is 0 Å². The van der Waals surface area contributed by atoms with Crippen LogP contribution in [0, 0.1) is 6.92 Å². The smallest absolute Gasteiger partial charge is 0.222 e. The molecule has 5 nitrogen and oxygen atoms in total. The van der Waals surface area contributed by atoms with Crippen molar-refractivity contribution in [3.05, 3.63) is 40.3 Å². The van der Waals surface area contributed by atoms with Gasteiger partial charge < -0.3 is 11.5 Å². The van der Waals surface area contributed by atoms with Gasteiger partial charge in [0.2, 0.25) is 11.7 Å². The molecule has 0 atom stereocenters. The number of anilines is 2. The molecule has 4 N–H and O–H groups in total. The molecular weight excluding hydrogens is 316 g/mol. The van der Waals surface area contributed by atoms with Crippen LogP contribution in [0.15, 0.2) is 29.3 Å². The summed E-state index contributed by atoms with van der Waals surface area (Å²) in [5.74, 6) is 0.0820. The molecule has 7 heteroatoms. The van der Waals surface area contributed by atoms with Gasteiger partial charge in [-0.3, -0.25) is 4.79 Å². The van der Waals surface area contributed by atoms with Crippen molar-refractivity contribution in [2.24, 2.45) is 0 Å². The van der Waals surface area contributed by atoms with Crippen molar-refractivity contribution < 1.29 is 4.79 Å². The molecule has 0 spiro atoms. The third kappa shape index (κ3) is 2.42. The summed E-state index contributed by atoms with van der Waals surface area (Å²) in [4.78, 5) is 22.2. The predicted octanol–water partition coefficient (Wildman–Crippen LogP) is 3.12. The maximum absolute atomic E-state index is 12.7. The molecule has 1 aromatic carbocycles. The number of nitrogens with zero attached hydrogens (tertiary/aromatic N) is 2. The average molecular weight is 330 g/mol. The lowest BCUT2D eigenvalue weighted by Crippen LogP contribution is -2.02. The Morgan fingerprint density at radius 1 is 1.18 bits per heavy atom. The number of nitrogens with two attached hydrogens (primary N) is 2. The molecule has 0 saturated heterocycles. The Hall–Kier alpha value is -2.12. The van der Waals surface area contributed by atoms with E-state index in [9.17, 15) is 4.79 Å². The lowest BCUT2D eigenvalue weighted by molar-refractivity contribution is 0.104. The highest BCUT2D eigenvalue weighted by atomic mass is 32.2. The zero-order chi connectivity index (χ0) is 15.9. The van der Waals surface area contributed by atoms with Crippen LogP contribution < -0.4 is 11.5 Å². The fourth-order valence-electron chi connectivity index (χ4n) is 2.16. The van der Waals surface area contributed by atoms with Gasteiger partial charge in [-0.2, -0.15) is 0 Å². The second kappa shape index (κ2) is 5.58. The summed E-state index contributed by atoms with van der Waals surface area (Å²) in [6, 6.07) is 7.41. The fourth-order valence-corrected chi connectivity index (χ4v) is 3.88. The summed E-state index contributed by atoms with van der Waals surface area (Å²) in [6.45, 7) is 1.98. The lowest BCUT2D eigenvalue weighted by Gasteiger charge is -2.02. The van der Waals surface area contributed by atoms with E-state index in [1.807, 2.05) is 25.3 Å². The Morgan fingerprint density at radius 3 is 2.50 bits per heavy atom. The van der Waals surface area contributed by atoms with Crippen molar-refractivity contribution in [2.45, 2.75) is 11.9 Å². The minimum atomic E-state index is -0.105. The minimum absolute atomic E-state index is 0.105. The molecule has 0 aliphatic heterocycles. The third-order valence-electron chi connectivity index (χ3n) is 3.29. The van der Waals surface area contributed by atoms with Gasteiger partial charge >= 0.3 is 0 Å². The van der Waals surface area contributed by atoms with Crippen LogP contribution in [0.25, 0.3) is 10.2 Å². The maximum Gasteiger partial charge on any atom is 0.222 e. The summed E-state index contributed by atoms with van der Waals surface area (Å²) in [7, 11) is 0. The molecular formula is C15H14N4OS2. The molecule has 0 bridgehead atoms. The minimum Gasteiger partial charge on any atom is -0.397 e. The van der Waals surface area contributed by atoms with Crippen molar-refractivity contribution in [1.29, 1.82) is 0 Å². The van der Waals surface area contributed by atoms with E-state index in [1.165, 1.54) is 23.1 Å². The van der Waals surface area contributed by atoms with Crippen LogP contribution in [0.3, 0.4) is 0 Å². The number of hydrogen-bond acceptors (Lipinski definition) is 7. The summed E-state index contributed by atoms with van der Waals surface area (Å²) in [5.41, 5.74) is 14.0. The molecule has 2 aromatic heterocycles. The van der Waals surface area contributed by atoms with Gasteiger partial charge in [0.15, 0.2) is 0 Å². The van der Waals surface area contributed by atoms with Gasteiger partial charge in [-0.25, -0.2) is 9.97 Å². The van der Waals surface area contributed by atoms with Crippen LogP contribution in [0.2, 0.25) is 0 Å². The van der Waals surface area contributed by atoms with Gasteiger partial charge in [-0.1, -0.05) is 29.8 Å². The first-order valence-electron chi connectivity index (χ1n) is 6.52. The first-order valence-corrected chi connectivity index (χ1v) is 8.56. The standard InChI is InChI=1S/C15H14N4OS2/c1-7-3-5-8(6-4-7)11(20)12-10(16)9-13(21-2)18-15(17)19-14(9)22-12/h3-6H,16H2,1-2H3,(H2,17,18,19). The molecule has 112 valence electrons. The number of aromatic nitrogens is 2. The van der Waals surface area contributed by atoms with E-state index < -0.39 is 0 Å². The summed E-state index contributed by atoms with van der Waals surface area (Å²) < 4.78 is 0. The molecule has 3 aromatic rings. The summed E-state index contributed by atoms with van der Waals surface area (Å²) >= 11 is 2.69. The van der Waals surface area contributed by atoms with E-state index in [0.717, 1.165) is 5.56 Å². The number of thioether (sulfide) groups is 1. The first kappa shape index (κ1) is 14.8. The molecule has 0 radical (unpaired) electrons. The summed E-state index contributed by atoms with van der Waals surface area (Å²) in [6.07, 6.45) is 1.89. The molecule has 0 aliphatic carbocycles. The highest BCUT2D eigenvalue weighted by Crippen LogP contribution is 2.38. The second-order valence-electron chi connectivity index (χ2n) is 4.81. The highest BCUT2D eigenvalue weighted by molar-refractivity contribution is 7.98. The van der Waals surface area contributed by atoms with Crippen LogP contribution in [-0.4, -0.2) is 22.0 Å². The van der Waals surface area contributed by atoms with E-state index in [1.54, 1.807) is 12.1 Å². The molecule has 0 aliphatic rings. The number of nitrogen functional groups attached to an aromatic ring is 2. The summed E-state index contributed by atoms with van der Waals surface area (Å²) in [5, 5.41) is 1.40. The van der Waals surface area contributed by atoms with Crippen LogP contribution in [0.4, 0.5) is 11.6 Å². The molecule has 0 fully saturated rings. The van der Waals surface area contributed by atoms with E-state index >= 15 is 0 Å². The van der Waals surface area contributed by atoms with Crippen molar-refractivity contribution >= 4 is 50.7 Å². The largest absolute Gasteiger partial charge is 0.397 e. The number of benzene rings is 1. The van der Waals surface area contributed by atoms with Gasteiger partial charge in [-0.15, -0.1) is 23.1 Å². The van der Waals surface area contributed by atoms with E-state index in [4.69, 9.17) is 11.5 Å². The molecule has 0 saturated carbocycles. The van der Waals surface area contributed by atoms with Crippen LogP contribution >= 0.6 is 23.1 Å². The molecule has 22 heavy (non-hydrogen) atoms. The van der Waals surface area contributed by atoms with E-state index in [2.05, 4.69) is 9.97 Å². The Bertz CT molecular complexity index is 871.